The lowest BCUT2D eigenvalue weighted by molar-refractivity contribution is -0.384. The number of nitro benzene ring substituents is 1. The Morgan fingerprint density at radius 3 is 2.35 bits per heavy atom. The van der Waals surface area contributed by atoms with Gasteiger partial charge < -0.3 is 14.2 Å². The smallest absolute Gasteiger partial charge is 0.269 e. The molecule has 0 atom stereocenters. The van der Waals surface area contributed by atoms with Crippen molar-refractivity contribution in [3.63, 3.8) is 0 Å². The molecule has 2 aromatic rings. The van der Waals surface area contributed by atoms with Crippen molar-refractivity contribution in [2.24, 2.45) is 0 Å². The van der Waals surface area contributed by atoms with E-state index in [1.165, 1.54) is 23.3 Å². The van der Waals surface area contributed by atoms with Crippen LogP contribution in [0.25, 0.3) is 0 Å². The fraction of sp³-hybridized carbons (Fsp3) is 0.368. The minimum atomic E-state index is -0.418. The highest BCUT2D eigenvalue weighted by Gasteiger charge is 2.19. The van der Waals surface area contributed by atoms with Gasteiger partial charge in [0.05, 0.1) is 19.1 Å². The van der Waals surface area contributed by atoms with Gasteiger partial charge in [0.1, 0.15) is 12.4 Å². The third-order valence-electron chi connectivity index (χ3n) is 4.52. The molecule has 0 radical (unpaired) electrons. The molecule has 0 saturated carbocycles. The number of nitrogens with zero attached hydrogens (tertiary/aromatic N) is 2. The van der Waals surface area contributed by atoms with Crippen molar-refractivity contribution in [1.82, 2.24) is 4.90 Å². The Balaban J connectivity index is 1.55. The van der Waals surface area contributed by atoms with E-state index in [1.807, 2.05) is 6.07 Å². The normalized spacial score (nSPS) is 13.8. The Labute approximate surface area is 152 Å². The van der Waals surface area contributed by atoms with Crippen LogP contribution in [0.4, 0.5) is 5.69 Å². The van der Waals surface area contributed by atoms with E-state index in [4.69, 9.17) is 14.2 Å². The molecule has 0 fully saturated rings. The number of non-ortho nitro benzene ring substituents is 1. The van der Waals surface area contributed by atoms with Crippen LogP contribution in [0.15, 0.2) is 36.4 Å². The van der Waals surface area contributed by atoms with Gasteiger partial charge in [-0.3, -0.25) is 15.0 Å². The summed E-state index contributed by atoms with van der Waals surface area (Å²) in [5.74, 6) is 2.15. The van der Waals surface area contributed by atoms with Gasteiger partial charge in [0.25, 0.3) is 5.69 Å². The molecule has 3 rings (SSSR count). The Hall–Kier alpha value is -2.80. The number of nitro groups is 1. The molecule has 0 amide bonds. The van der Waals surface area contributed by atoms with Crippen LogP contribution in [0.3, 0.4) is 0 Å². The lowest BCUT2D eigenvalue weighted by Crippen LogP contribution is -2.33. The maximum atomic E-state index is 10.7. The van der Waals surface area contributed by atoms with Gasteiger partial charge in [-0.05, 0) is 41.8 Å². The van der Waals surface area contributed by atoms with E-state index < -0.39 is 4.92 Å². The van der Waals surface area contributed by atoms with Gasteiger partial charge in [-0.15, -0.1) is 0 Å². The first kappa shape index (κ1) is 18.0. The van der Waals surface area contributed by atoms with E-state index in [0.717, 1.165) is 37.6 Å². The lowest BCUT2D eigenvalue weighted by atomic mass is 9.99. The molecular formula is C19H22N2O5. The van der Waals surface area contributed by atoms with Crippen molar-refractivity contribution < 1.29 is 19.1 Å². The Kier molecular flexibility index (Phi) is 5.58. The zero-order valence-corrected chi connectivity index (χ0v) is 14.9. The quantitative estimate of drug-likeness (QED) is 0.559. The minimum Gasteiger partial charge on any atom is -0.493 e. The number of methoxy groups -OCH3 is 2. The number of rotatable bonds is 7. The summed E-state index contributed by atoms with van der Waals surface area (Å²) in [7, 11) is 3.29. The van der Waals surface area contributed by atoms with Crippen molar-refractivity contribution in [3.8, 4) is 17.2 Å². The summed E-state index contributed by atoms with van der Waals surface area (Å²) in [4.78, 5) is 12.6. The molecule has 0 spiro atoms. The second-order valence-corrected chi connectivity index (χ2v) is 6.10. The number of hydrogen-bond acceptors (Lipinski definition) is 6. The molecule has 7 heteroatoms. The van der Waals surface area contributed by atoms with Crippen LogP contribution in [0, 0.1) is 10.1 Å². The minimum absolute atomic E-state index is 0.0642. The van der Waals surface area contributed by atoms with Crippen LogP contribution in [-0.2, 0) is 13.0 Å². The number of fused-ring (bicyclic) bond motifs is 1. The van der Waals surface area contributed by atoms with Crippen LogP contribution < -0.4 is 14.2 Å². The highest BCUT2D eigenvalue weighted by Crippen LogP contribution is 2.33. The predicted molar refractivity (Wildman–Crippen MR) is 97.1 cm³/mol. The molecule has 0 aliphatic carbocycles. The van der Waals surface area contributed by atoms with Gasteiger partial charge in [0.2, 0.25) is 0 Å². The first-order valence-electron chi connectivity index (χ1n) is 8.44. The summed E-state index contributed by atoms with van der Waals surface area (Å²) < 4.78 is 16.5. The highest BCUT2D eigenvalue weighted by atomic mass is 16.6. The maximum Gasteiger partial charge on any atom is 0.269 e. The van der Waals surface area contributed by atoms with E-state index in [1.54, 1.807) is 26.4 Å². The van der Waals surface area contributed by atoms with Crippen LogP contribution in [-0.4, -0.2) is 43.7 Å². The Bertz CT molecular complexity index is 776. The van der Waals surface area contributed by atoms with Gasteiger partial charge in [-0.2, -0.15) is 0 Å². The molecule has 7 nitrogen and oxygen atoms in total. The van der Waals surface area contributed by atoms with Crippen molar-refractivity contribution in [3.05, 3.63) is 57.6 Å². The van der Waals surface area contributed by atoms with Gasteiger partial charge in [-0.25, -0.2) is 0 Å². The fourth-order valence-electron chi connectivity index (χ4n) is 3.09. The average molecular weight is 358 g/mol. The van der Waals surface area contributed by atoms with E-state index in [2.05, 4.69) is 11.0 Å². The SMILES string of the molecule is COc1cc2c(cc1OC)CN(CCOc1ccc([N+](=O)[O-])cc1)CC2. The molecule has 1 heterocycles. The summed E-state index contributed by atoms with van der Waals surface area (Å²) in [6.45, 7) is 3.09. The van der Waals surface area contributed by atoms with Crippen molar-refractivity contribution >= 4 is 5.69 Å². The molecule has 0 saturated heterocycles. The van der Waals surface area contributed by atoms with Crippen molar-refractivity contribution in [2.45, 2.75) is 13.0 Å². The summed E-state index contributed by atoms with van der Waals surface area (Å²) in [5.41, 5.74) is 2.59. The summed E-state index contributed by atoms with van der Waals surface area (Å²) >= 11 is 0. The van der Waals surface area contributed by atoms with Gasteiger partial charge >= 0.3 is 0 Å². The Morgan fingerprint density at radius 2 is 1.73 bits per heavy atom. The van der Waals surface area contributed by atoms with Crippen molar-refractivity contribution in [1.29, 1.82) is 0 Å². The van der Waals surface area contributed by atoms with Crippen LogP contribution in [0.1, 0.15) is 11.1 Å². The monoisotopic (exact) mass is 358 g/mol. The molecule has 0 unspecified atom stereocenters. The molecule has 138 valence electrons. The molecule has 0 N–H and O–H groups in total. The second kappa shape index (κ2) is 8.05. The number of ether oxygens (including phenoxy) is 3. The van der Waals surface area contributed by atoms with E-state index in [9.17, 15) is 10.1 Å². The molecule has 0 bridgehead atoms. The summed E-state index contributed by atoms with van der Waals surface area (Å²) in [6.07, 6.45) is 0.952. The van der Waals surface area contributed by atoms with Gasteiger partial charge in [0, 0.05) is 31.8 Å². The molecular weight excluding hydrogens is 336 g/mol. The van der Waals surface area contributed by atoms with Gasteiger partial charge in [0.15, 0.2) is 11.5 Å². The van der Waals surface area contributed by atoms with E-state index in [-0.39, 0.29) is 5.69 Å². The zero-order chi connectivity index (χ0) is 18.5. The van der Waals surface area contributed by atoms with Gasteiger partial charge in [-0.1, -0.05) is 0 Å². The standard InChI is InChI=1S/C19H22N2O5/c1-24-18-11-14-7-8-20(13-15(14)12-19(18)25-2)9-10-26-17-5-3-16(4-6-17)21(22)23/h3-6,11-12H,7-10,13H2,1-2H3. The first-order chi connectivity index (χ1) is 12.6. The zero-order valence-electron chi connectivity index (χ0n) is 14.9. The Morgan fingerprint density at radius 1 is 1.08 bits per heavy atom. The number of benzene rings is 2. The second-order valence-electron chi connectivity index (χ2n) is 6.10. The largest absolute Gasteiger partial charge is 0.493 e. The van der Waals surface area contributed by atoms with E-state index >= 15 is 0 Å². The molecule has 0 aromatic heterocycles. The first-order valence-corrected chi connectivity index (χ1v) is 8.44. The van der Waals surface area contributed by atoms with Crippen LogP contribution in [0.2, 0.25) is 0 Å². The topological polar surface area (TPSA) is 74.1 Å². The fourth-order valence-corrected chi connectivity index (χ4v) is 3.09. The molecule has 1 aliphatic rings. The number of hydrogen-bond donors (Lipinski definition) is 0. The lowest BCUT2D eigenvalue weighted by Gasteiger charge is -2.29. The third kappa shape index (κ3) is 4.05. The highest BCUT2D eigenvalue weighted by molar-refractivity contribution is 5.48. The summed E-state index contributed by atoms with van der Waals surface area (Å²) in [5, 5.41) is 10.7. The average Bonchev–Trinajstić information content (AvgIpc) is 2.67. The predicted octanol–water partition coefficient (Wildman–Crippen LogP) is 3.05. The molecule has 2 aromatic carbocycles. The molecule has 1 aliphatic heterocycles. The van der Waals surface area contributed by atoms with E-state index in [0.29, 0.717) is 12.4 Å². The van der Waals surface area contributed by atoms with Crippen molar-refractivity contribution in [2.75, 3.05) is 33.9 Å². The van der Waals surface area contributed by atoms with Crippen LogP contribution >= 0.6 is 0 Å². The maximum absolute atomic E-state index is 10.7. The van der Waals surface area contributed by atoms with Crippen LogP contribution in [0.5, 0.6) is 17.2 Å². The third-order valence-corrected chi connectivity index (χ3v) is 4.52. The molecule has 26 heavy (non-hydrogen) atoms. The summed E-state index contributed by atoms with van der Waals surface area (Å²) in [6, 6.07) is 10.2.